The summed E-state index contributed by atoms with van der Waals surface area (Å²) in [4.78, 5) is 0. The number of benzene rings is 2. The molecule has 2 nitrogen and oxygen atoms in total. The van der Waals surface area contributed by atoms with Crippen LogP contribution in [0.25, 0.3) is 0 Å². The third-order valence-corrected chi connectivity index (χ3v) is 3.83. The van der Waals surface area contributed by atoms with Crippen molar-refractivity contribution in [3.8, 4) is 0 Å². The van der Waals surface area contributed by atoms with Gasteiger partial charge < -0.3 is 10.4 Å². The van der Waals surface area contributed by atoms with E-state index in [4.69, 9.17) is 23.2 Å². The zero-order valence-corrected chi connectivity index (χ0v) is 13.9. The van der Waals surface area contributed by atoms with Crippen molar-refractivity contribution in [1.82, 2.24) is 5.32 Å². The molecule has 0 fully saturated rings. The first-order chi connectivity index (χ1) is 9.58. The quantitative estimate of drug-likeness (QED) is 0.827. The summed E-state index contributed by atoms with van der Waals surface area (Å²) in [5.41, 5.74) is 1.86. The van der Waals surface area contributed by atoms with Gasteiger partial charge in [-0.1, -0.05) is 59.6 Å². The average molecular weight is 347 g/mol. The molecule has 0 aliphatic heterocycles. The number of rotatable bonds is 5. The number of aliphatic hydroxyl groups excluding tert-OH is 1. The minimum Gasteiger partial charge on any atom is -0.387 e. The van der Waals surface area contributed by atoms with E-state index in [9.17, 15) is 5.11 Å². The van der Waals surface area contributed by atoms with Gasteiger partial charge in [0.2, 0.25) is 0 Å². The standard InChI is InChI=1S/C16H17Cl2NO.ClH/c1-11(16(20)12-5-3-2-4-6-12)19-10-13-7-8-14(17)9-15(13)18;/h2-9,11,16,19-20H,10H2,1H3;1H. The van der Waals surface area contributed by atoms with E-state index < -0.39 is 6.10 Å². The Morgan fingerprint density at radius 2 is 1.76 bits per heavy atom. The van der Waals surface area contributed by atoms with Gasteiger partial charge in [0.1, 0.15) is 0 Å². The average Bonchev–Trinajstić information content (AvgIpc) is 2.46. The molecule has 0 saturated heterocycles. The molecule has 2 atom stereocenters. The van der Waals surface area contributed by atoms with E-state index in [0.717, 1.165) is 11.1 Å². The van der Waals surface area contributed by atoms with Crippen LogP contribution in [0, 0.1) is 0 Å². The van der Waals surface area contributed by atoms with Crippen LogP contribution < -0.4 is 5.32 Å². The Bertz CT molecular complexity index is 563. The lowest BCUT2D eigenvalue weighted by molar-refractivity contribution is 0.135. The fourth-order valence-corrected chi connectivity index (χ4v) is 2.46. The molecular weight excluding hydrogens is 329 g/mol. The summed E-state index contributed by atoms with van der Waals surface area (Å²) in [7, 11) is 0. The Hall–Kier alpha value is -0.770. The van der Waals surface area contributed by atoms with Crippen LogP contribution in [0.2, 0.25) is 10.0 Å². The number of hydrogen-bond donors (Lipinski definition) is 2. The summed E-state index contributed by atoms with van der Waals surface area (Å²) in [5, 5.41) is 14.8. The lowest BCUT2D eigenvalue weighted by Gasteiger charge is -2.21. The van der Waals surface area contributed by atoms with Gasteiger partial charge in [-0.2, -0.15) is 0 Å². The van der Waals surface area contributed by atoms with Gasteiger partial charge in [-0.3, -0.25) is 0 Å². The van der Waals surface area contributed by atoms with Gasteiger partial charge in [0.25, 0.3) is 0 Å². The zero-order chi connectivity index (χ0) is 14.5. The Kier molecular flexibility index (Phi) is 7.50. The van der Waals surface area contributed by atoms with Crippen molar-refractivity contribution in [3.63, 3.8) is 0 Å². The second-order valence-electron chi connectivity index (χ2n) is 4.76. The van der Waals surface area contributed by atoms with E-state index in [1.54, 1.807) is 6.07 Å². The van der Waals surface area contributed by atoms with Crippen molar-refractivity contribution in [2.45, 2.75) is 25.6 Å². The largest absolute Gasteiger partial charge is 0.387 e. The second kappa shape index (κ2) is 8.62. The lowest BCUT2D eigenvalue weighted by atomic mass is 10.0. The molecule has 5 heteroatoms. The van der Waals surface area contributed by atoms with Crippen LogP contribution in [0.3, 0.4) is 0 Å². The molecule has 0 aliphatic carbocycles. The van der Waals surface area contributed by atoms with Crippen molar-refractivity contribution >= 4 is 35.6 Å². The van der Waals surface area contributed by atoms with Gasteiger partial charge in [0.15, 0.2) is 0 Å². The fourth-order valence-electron chi connectivity index (χ4n) is 1.99. The van der Waals surface area contributed by atoms with Gasteiger partial charge >= 0.3 is 0 Å². The molecule has 2 aromatic rings. The molecule has 0 bridgehead atoms. The summed E-state index contributed by atoms with van der Waals surface area (Å²) in [6.07, 6.45) is -0.553. The first kappa shape index (κ1) is 18.3. The molecule has 0 spiro atoms. The first-order valence-corrected chi connectivity index (χ1v) is 7.24. The van der Waals surface area contributed by atoms with E-state index >= 15 is 0 Å². The fraction of sp³-hybridized carbons (Fsp3) is 0.250. The SMILES string of the molecule is CC(NCc1ccc(Cl)cc1Cl)C(O)c1ccccc1.Cl. The molecule has 0 aliphatic rings. The summed E-state index contributed by atoms with van der Waals surface area (Å²) < 4.78 is 0. The number of halogens is 3. The topological polar surface area (TPSA) is 32.3 Å². The van der Waals surface area contributed by atoms with Crippen LogP contribution >= 0.6 is 35.6 Å². The van der Waals surface area contributed by atoms with E-state index in [2.05, 4.69) is 5.32 Å². The Balaban J connectivity index is 0.00000220. The first-order valence-electron chi connectivity index (χ1n) is 6.48. The minimum atomic E-state index is -0.553. The molecule has 0 aromatic heterocycles. The molecule has 21 heavy (non-hydrogen) atoms. The predicted octanol–water partition coefficient (Wildman–Crippen LogP) is 4.63. The maximum atomic E-state index is 10.3. The Labute approximate surface area is 141 Å². The van der Waals surface area contributed by atoms with Crippen LogP contribution in [0.4, 0.5) is 0 Å². The molecule has 2 rings (SSSR count). The number of hydrogen-bond acceptors (Lipinski definition) is 2. The van der Waals surface area contributed by atoms with Crippen LogP contribution in [0.15, 0.2) is 48.5 Å². The van der Waals surface area contributed by atoms with Gasteiger partial charge in [0, 0.05) is 22.6 Å². The summed E-state index contributed by atoms with van der Waals surface area (Å²) in [6.45, 7) is 2.53. The third-order valence-electron chi connectivity index (χ3n) is 3.24. The Morgan fingerprint density at radius 1 is 1.10 bits per heavy atom. The second-order valence-corrected chi connectivity index (χ2v) is 5.60. The van der Waals surface area contributed by atoms with Crippen LogP contribution in [0.1, 0.15) is 24.2 Å². The van der Waals surface area contributed by atoms with Crippen LogP contribution in [-0.2, 0) is 6.54 Å². The Morgan fingerprint density at radius 3 is 2.38 bits per heavy atom. The molecule has 2 unspecified atom stereocenters. The van der Waals surface area contributed by atoms with Crippen molar-refractivity contribution in [1.29, 1.82) is 0 Å². The van der Waals surface area contributed by atoms with Gasteiger partial charge in [-0.15, -0.1) is 12.4 Å². The van der Waals surface area contributed by atoms with E-state index in [-0.39, 0.29) is 18.4 Å². The molecule has 114 valence electrons. The molecular formula is C16H18Cl3NO. The molecule has 0 saturated carbocycles. The third kappa shape index (κ3) is 5.17. The van der Waals surface area contributed by atoms with Crippen LogP contribution in [0.5, 0.6) is 0 Å². The molecule has 0 heterocycles. The van der Waals surface area contributed by atoms with Crippen molar-refractivity contribution in [2.24, 2.45) is 0 Å². The molecule has 2 N–H and O–H groups in total. The number of nitrogens with one attached hydrogen (secondary N) is 1. The van der Waals surface area contributed by atoms with Gasteiger partial charge in [-0.25, -0.2) is 0 Å². The molecule has 0 radical (unpaired) electrons. The zero-order valence-electron chi connectivity index (χ0n) is 11.6. The highest BCUT2D eigenvalue weighted by atomic mass is 35.5. The van der Waals surface area contributed by atoms with Crippen molar-refractivity contribution in [2.75, 3.05) is 0 Å². The highest BCUT2D eigenvalue weighted by molar-refractivity contribution is 6.35. The van der Waals surface area contributed by atoms with Gasteiger partial charge in [-0.05, 0) is 30.2 Å². The summed E-state index contributed by atoms with van der Waals surface area (Å²) >= 11 is 12.0. The van der Waals surface area contributed by atoms with Crippen molar-refractivity contribution in [3.05, 3.63) is 69.7 Å². The maximum Gasteiger partial charge on any atom is 0.0940 e. The minimum absolute atomic E-state index is 0. The molecule has 2 aromatic carbocycles. The molecule has 0 amide bonds. The summed E-state index contributed by atoms with van der Waals surface area (Å²) in [6, 6.07) is 14.9. The highest BCUT2D eigenvalue weighted by Gasteiger charge is 2.15. The maximum absolute atomic E-state index is 10.3. The lowest BCUT2D eigenvalue weighted by Crippen LogP contribution is -2.31. The normalized spacial score (nSPS) is 13.3. The monoisotopic (exact) mass is 345 g/mol. The van der Waals surface area contributed by atoms with Gasteiger partial charge in [0.05, 0.1) is 6.10 Å². The highest BCUT2D eigenvalue weighted by Crippen LogP contribution is 2.22. The van der Waals surface area contributed by atoms with E-state index in [1.165, 1.54) is 0 Å². The van der Waals surface area contributed by atoms with E-state index in [1.807, 2.05) is 49.4 Å². The van der Waals surface area contributed by atoms with Crippen molar-refractivity contribution < 1.29 is 5.11 Å². The van der Waals surface area contributed by atoms with Crippen LogP contribution in [-0.4, -0.2) is 11.1 Å². The summed E-state index contributed by atoms with van der Waals surface area (Å²) in [5.74, 6) is 0. The predicted molar refractivity (Wildman–Crippen MR) is 91.4 cm³/mol. The number of aliphatic hydroxyl groups is 1. The smallest absolute Gasteiger partial charge is 0.0940 e. The van der Waals surface area contributed by atoms with E-state index in [0.29, 0.717) is 16.6 Å².